The summed E-state index contributed by atoms with van der Waals surface area (Å²) in [4.78, 5) is 22.9. The molecule has 0 radical (unpaired) electrons. The third-order valence-electron chi connectivity index (χ3n) is 2.80. The van der Waals surface area contributed by atoms with Crippen molar-refractivity contribution >= 4 is 55.1 Å². The van der Waals surface area contributed by atoms with Crippen LogP contribution in [0, 0.1) is 0 Å². The smallest absolute Gasteiger partial charge is 0.307 e. The van der Waals surface area contributed by atoms with E-state index in [1.165, 1.54) is 11.3 Å². The molecule has 110 valence electrons. The first-order chi connectivity index (χ1) is 9.97. The molecule has 0 aliphatic carbocycles. The van der Waals surface area contributed by atoms with Gasteiger partial charge in [0.25, 0.3) is 5.91 Å². The van der Waals surface area contributed by atoms with Crippen molar-refractivity contribution in [1.82, 2.24) is 5.32 Å². The molecule has 0 aliphatic rings. The van der Waals surface area contributed by atoms with Gasteiger partial charge in [-0.2, -0.15) is 0 Å². The van der Waals surface area contributed by atoms with E-state index < -0.39 is 5.97 Å². The van der Waals surface area contributed by atoms with E-state index in [0.29, 0.717) is 17.7 Å². The van der Waals surface area contributed by atoms with Crippen molar-refractivity contribution in [2.45, 2.75) is 13.0 Å². The van der Waals surface area contributed by atoms with Crippen LogP contribution in [0.3, 0.4) is 0 Å². The van der Waals surface area contributed by atoms with Gasteiger partial charge in [-0.1, -0.05) is 24.3 Å². The normalized spacial score (nSPS) is 10.4. The van der Waals surface area contributed by atoms with Crippen molar-refractivity contribution in [3.63, 3.8) is 0 Å². The summed E-state index contributed by atoms with van der Waals surface area (Å²) in [5.41, 5.74) is 2.07. The number of amides is 1. The molecule has 1 heterocycles. The van der Waals surface area contributed by atoms with Crippen LogP contribution >= 0.6 is 43.2 Å². The molecule has 0 saturated carbocycles. The maximum atomic E-state index is 12.1. The molecule has 0 atom stereocenters. The number of hydrogen-bond acceptors (Lipinski definition) is 3. The maximum Gasteiger partial charge on any atom is 0.307 e. The summed E-state index contributed by atoms with van der Waals surface area (Å²) in [7, 11) is 0. The number of nitrogens with one attached hydrogen (secondary N) is 1. The first-order valence-electron chi connectivity index (χ1n) is 5.99. The van der Waals surface area contributed by atoms with Gasteiger partial charge in [-0.25, -0.2) is 0 Å². The van der Waals surface area contributed by atoms with Crippen LogP contribution in [0.25, 0.3) is 0 Å². The third kappa shape index (κ3) is 4.39. The zero-order valence-corrected chi connectivity index (χ0v) is 14.7. The summed E-state index contributed by atoms with van der Waals surface area (Å²) in [6.07, 6.45) is -0.0558. The van der Waals surface area contributed by atoms with Gasteiger partial charge in [-0.15, -0.1) is 11.3 Å². The van der Waals surface area contributed by atoms with Crippen LogP contribution < -0.4 is 5.32 Å². The first kappa shape index (κ1) is 16.2. The van der Waals surface area contributed by atoms with Gasteiger partial charge in [0.2, 0.25) is 0 Å². The minimum atomic E-state index is -0.890. The number of carboxylic acid groups (broad SMARTS) is 1. The van der Waals surface area contributed by atoms with E-state index in [1.807, 2.05) is 12.1 Å². The molecule has 2 rings (SSSR count). The molecule has 1 aromatic heterocycles. The fourth-order valence-electron chi connectivity index (χ4n) is 1.83. The molecule has 2 aromatic rings. The zero-order chi connectivity index (χ0) is 15.4. The third-order valence-corrected chi connectivity index (χ3v) is 5.14. The first-order valence-corrected chi connectivity index (χ1v) is 8.39. The van der Waals surface area contributed by atoms with Gasteiger partial charge in [0.05, 0.1) is 19.6 Å². The maximum absolute atomic E-state index is 12.1. The van der Waals surface area contributed by atoms with E-state index in [1.54, 1.807) is 18.2 Å². The van der Waals surface area contributed by atoms with Crippen LogP contribution in [0.15, 0.2) is 37.9 Å². The van der Waals surface area contributed by atoms with Crippen molar-refractivity contribution in [2.75, 3.05) is 0 Å². The van der Waals surface area contributed by atoms with E-state index in [4.69, 9.17) is 5.11 Å². The topological polar surface area (TPSA) is 66.4 Å². The summed E-state index contributed by atoms with van der Waals surface area (Å²) >= 11 is 8.10. The molecule has 2 N–H and O–H groups in total. The fraction of sp³-hybridized carbons (Fsp3) is 0.143. The van der Waals surface area contributed by atoms with Gasteiger partial charge in [-0.3, -0.25) is 9.59 Å². The Balaban J connectivity index is 2.08. The van der Waals surface area contributed by atoms with Crippen LogP contribution in [0.4, 0.5) is 0 Å². The van der Waals surface area contributed by atoms with E-state index in [2.05, 4.69) is 37.2 Å². The number of thiophene rings is 1. The molecular weight excluding hydrogens is 422 g/mol. The summed E-state index contributed by atoms with van der Waals surface area (Å²) in [6.45, 7) is 0.294. The largest absolute Gasteiger partial charge is 0.481 e. The molecule has 0 saturated heterocycles. The van der Waals surface area contributed by atoms with E-state index in [-0.39, 0.29) is 12.3 Å². The average molecular weight is 433 g/mol. The molecule has 0 aliphatic heterocycles. The van der Waals surface area contributed by atoms with Gasteiger partial charge in [0.1, 0.15) is 0 Å². The summed E-state index contributed by atoms with van der Waals surface area (Å²) < 4.78 is 1.62. The Bertz CT molecular complexity index is 685. The number of hydrogen-bond donors (Lipinski definition) is 2. The number of carbonyl (C=O) groups is 2. The van der Waals surface area contributed by atoms with Crippen molar-refractivity contribution in [3.05, 3.63) is 54.6 Å². The molecule has 1 aromatic carbocycles. The lowest BCUT2D eigenvalue weighted by atomic mass is 10.0. The highest BCUT2D eigenvalue weighted by Crippen LogP contribution is 2.31. The van der Waals surface area contributed by atoms with Crippen molar-refractivity contribution in [2.24, 2.45) is 0 Å². The second-order valence-corrected chi connectivity index (χ2v) is 8.01. The fourth-order valence-corrected chi connectivity index (χ4v) is 4.62. The average Bonchev–Trinajstić information content (AvgIpc) is 2.76. The van der Waals surface area contributed by atoms with Gasteiger partial charge in [0.15, 0.2) is 0 Å². The summed E-state index contributed by atoms with van der Waals surface area (Å²) in [6, 6.07) is 8.93. The minimum absolute atomic E-state index is 0.0558. The van der Waals surface area contributed by atoms with Crippen LogP contribution in [-0.2, 0) is 17.8 Å². The predicted octanol–water partition coefficient (Wildman–Crippen LogP) is 3.83. The molecule has 1 amide bonds. The van der Waals surface area contributed by atoms with Gasteiger partial charge >= 0.3 is 5.97 Å². The molecule has 7 heteroatoms. The van der Waals surface area contributed by atoms with Crippen molar-refractivity contribution < 1.29 is 14.7 Å². The minimum Gasteiger partial charge on any atom is -0.481 e. The number of benzene rings is 1. The number of carbonyl (C=O) groups excluding carboxylic acids is 1. The lowest BCUT2D eigenvalue weighted by molar-refractivity contribution is -0.136. The van der Waals surface area contributed by atoms with Crippen molar-refractivity contribution in [1.29, 1.82) is 0 Å². The quantitative estimate of drug-likeness (QED) is 0.754. The molecule has 0 fully saturated rings. The van der Waals surface area contributed by atoms with Crippen LogP contribution in [-0.4, -0.2) is 17.0 Å². The monoisotopic (exact) mass is 431 g/mol. The van der Waals surface area contributed by atoms with E-state index in [0.717, 1.165) is 13.1 Å². The number of aliphatic carboxylic acids is 1. The Labute approximate surface area is 142 Å². The Morgan fingerprint density at radius 3 is 2.43 bits per heavy atom. The highest BCUT2D eigenvalue weighted by atomic mass is 79.9. The predicted molar refractivity (Wildman–Crippen MR) is 88.7 cm³/mol. The van der Waals surface area contributed by atoms with Crippen LogP contribution in [0.2, 0.25) is 0 Å². The van der Waals surface area contributed by atoms with Gasteiger partial charge in [0, 0.05) is 6.54 Å². The molecule has 0 spiro atoms. The highest BCUT2D eigenvalue weighted by Gasteiger charge is 2.14. The molecule has 4 nitrogen and oxygen atoms in total. The second-order valence-electron chi connectivity index (χ2n) is 4.26. The summed E-state index contributed by atoms with van der Waals surface area (Å²) in [5.74, 6) is -1.09. The lowest BCUT2D eigenvalue weighted by Gasteiger charge is -2.09. The Morgan fingerprint density at radius 2 is 1.86 bits per heavy atom. The Kier molecular flexibility index (Phi) is 5.55. The molecule has 0 unspecified atom stereocenters. The second kappa shape index (κ2) is 7.20. The van der Waals surface area contributed by atoms with E-state index >= 15 is 0 Å². The number of halogens is 2. The Hall–Kier alpha value is -1.18. The van der Waals surface area contributed by atoms with Gasteiger partial charge < -0.3 is 10.4 Å². The number of carboxylic acids is 1. The standard InChI is InChI=1S/C14H11Br2NO3S/c15-11-6-10(13(16)21-11)14(20)17-7-9-4-2-1-3-8(9)5-12(18)19/h1-4,6H,5,7H2,(H,17,20)(H,18,19). The molecule has 21 heavy (non-hydrogen) atoms. The van der Waals surface area contributed by atoms with Crippen LogP contribution in [0.1, 0.15) is 21.5 Å². The Morgan fingerprint density at radius 1 is 1.19 bits per heavy atom. The van der Waals surface area contributed by atoms with Crippen molar-refractivity contribution in [3.8, 4) is 0 Å². The SMILES string of the molecule is O=C(O)Cc1ccccc1CNC(=O)c1cc(Br)sc1Br. The zero-order valence-electron chi connectivity index (χ0n) is 10.7. The van der Waals surface area contributed by atoms with E-state index in [9.17, 15) is 9.59 Å². The molecule has 0 bridgehead atoms. The highest BCUT2D eigenvalue weighted by molar-refractivity contribution is 9.12. The van der Waals surface area contributed by atoms with Gasteiger partial charge in [-0.05, 0) is 49.1 Å². The lowest BCUT2D eigenvalue weighted by Crippen LogP contribution is -2.23. The van der Waals surface area contributed by atoms with Crippen LogP contribution in [0.5, 0.6) is 0 Å². The number of rotatable bonds is 5. The summed E-state index contributed by atoms with van der Waals surface area (Å²) in [5, 5.41) is 11.7. The molecular formula is C14H11Br2NO3S.